The van der Waals surface area contributed by atoms with E-state index < -0.39 is 0 Å². The van der Waals surface area contributed by atoms with Crippen molar-refractivity contribution in [3.8, 4) is 5.75 Å². The van der Waals surface area contributed by atoms with Crippen LogP contribution in [0.15, 0.2) is 18.2 Å². The molecule has 2 nitrogen and oxygen atoms in total. The van der Waals surface area contributed by atoms with E-state index in [1.54, 1.807) is 6.07 Å². The Bertz CT molecular complexity index is 378. The quantitative estimate of drug-likeness (QED) is 0.897. The molecule has 2 atom stereocenters. The zero-order valence-corrected chi connectivity index (χ0v) is 10.7. The summed E-state index contributed by atoms with van der Waals surface area (Å²) in [6.07, 6.45) is 1.22. The Labute approximate surface area is 105 Å². The van der Waals surface area contributed by atoms with Crippen molar-refractivity contribution >= 4 is 11.8 Å². The molecule has 2 rings (SSSR count). The standard InChI is InChI=1S/C13H17FO2S/c1-16-13-3-2-9(6-11(13)14)7-12(15)10-4-5-17-8-10/h2-3,6,10,12,15H,4-5,7-8H2,1H3. The Morgan fingerprint density at radius 2 is 2.41 bits per heavy atom. The van der Waals surface area contributed by atoms with Gasteiger partial charge in [-0.2, -0.15) is 11.8 Å². The summed E-state index contributed by atoms with van der Waals surface area (Å²) in [5.74, 6) is 2.38. The fourth-order valence-corrected chi connectivity index (χ4v) is 3.43. The minimum Gasteiger partial charge on any atom is -0.494 e. The van der Waals surface area contributed by atoms with Crippen LogP contribution in [-0.2, 0) is 6.42 Å². The Morgan fingerprint density at radius 1 is 1.59 bits per heavy atom. The van der Waals surface area contributed by atoms with Crippen molar-refractivity contribution in [3.63, 3.8) is 0 Å². The molecule has 17 heavy (non-hydrogen) atoms. The Balaban J connectivity index is 2.00. The molecule has 1 fully saturated rings. The molecule has 1 aromatic carbocycles. The Kier molecular flexibility index (Phi) is 4.29. The third kappa shape index (κ3) is 3.13. The molecular weight excluding hydrogens is 239 g/mol. The summed E-state index contributed by atoms with van der Waals surface area (Å²) in [6, 6.07) is 4.87. The molecule has 4 heteroatoms. The van der Waals surface area contributed by atoms with Crippen LogP contribution in [0, 0.1) is 11.7 Å². The maximum atomic E-state index is 13.5. The van der Waals surface area contributed by atoms with E-state index in [9.17, 15) is 9.50 Å². The third-order valence-corrected chi connectivity index (χ3v) is 4.36. The van der Waals surface area contributed by atoms with Crippen LogP contribution < -0.4 is 4.74 Å². The van der Waals surface area contributed by atoms with Crippen LogP contribution in [0.1, 0.15) is 12.0 Å². The van der Waals surface area contributed by atoms with Crippen LogP contribution in [0.2, 0.25) is 0 Å². The molecule has 0 radical (unpaired) electrons. The van der Waals surface area contributed by atoms with Gasteiger partial charge in [0.1, 0.15) is 0 Å². The van der Waals surface area contributed by atoms with Crippen molar-refractivity contribution in [2.24, 2.45) is 5.92 Å². The first-order chi connectivity index (χ1) is 8.20. The molecule has 0 saturated carbocycles. The second-order valence-electron chi connectivity index (χ2n) is 4.36. The summed E-state index contributed by atoms with van der Waals surface area (Å²) in [6.45, 7) is 0. The van der Waals surface area contributed by atoms with Gasteiger partial charge < -0.3 is 9.84 Å². The second kappa shape index (κ2) is 5.74. The van der Waals surface area contributed by atoms with Crippen molar-refractivity contribution in [1.82, 2.24) is 0 Å². The van der Waals surface area contributed by atoms with E-state index in [-0.39, 0.29) is 17.7 Å². The van der Waals surface area contributed by atoms with E-state index in [0.717, 1.165) is 23.5 Å². The van der Waals surface area contributed by atoms with Crippen molar-refractivity contribution in [2.75, 3.05) is 18.6 Å². The van der Waals surface area contributed by atoms with E-state index in [4.69, 9.17) is 4.74 Å². The SMILES string of the molecule is COc1ccc(CC(O)C2CCSC2)cc1F. The molecule has 1 saturated heterocycles. The summed E-state index contributed by atoms with van der Waals surface area (Å²) in [5.41, 5.74) is 0.827. The lowest BCUT2D eigenvalue weighted by molar-refractivity contribution is 0.120. The maximum absolute atomic E-state index is 13.5. The lowest BCUT2D eigenvalue weighted by Gasteiger charge is -2.17. The van der Waals surface area contributed by atoms with Gasteiger partial charge in [-0.3, -0.25) is 0 Å². The molecule has 0 aromatic heterocycles. The predicted octanol–water partition coefficient (Wildman–Crippen LogP) is 2.49. The van der Waals surface area contributed by atoms with Gasteiger partial charge in [0.15, 0.2) is 11.6 Å². The van der Waals surface area contributed by atoms with E-state index in [1.807, 2.05) is 17.8 Å². The van der Waals surface area contributed by atoms with Crippen LogP contribution in [-0.4, -0.2) is 29.8 Å². The van der Waals surface area contributed by atoms with Crippen molar-refractivity contribution in [2.45, 2.75) is 18.9 Å². The Hall–Kier alpha value is -0.740. The summed E-state index contributed by atoms with van der Waals surface area (Å²) in [5, 5.41) is 10.1. The van der Waals surface area contributed by atoms with Gasteiger partial charge in [-0.05, 0) is 48.0 Å². The number of hydrogen-bond acceptors (Lipinski definition) is 3. The monoisotopic (exact) mass is 256 g/mol. The van der Waals surface area contributed by atoms with Crippen LogP contribution in [0.25, 0.3) is 0 Å². The number of ether oxygens (including phenoxy) is 1. The van der Waals surface area contributed by atoms with Crippen molar-refractivity contribution in [1.29, 1.82) is 0 Å². The number of rotatable bonds is 4. The average molecular weight is 256 g/mol. The molecule has 0 aliphatic carbocycles. The average Bonchev–Trinajstić information content (AvgIpc) is 2.82. The first-order valence-corrected chi connectivity index (χ1v) is 6.94. The fourth-order valence-electron chi connectivity index (χ4n) is 2.10. The van der Waals surface area contributed by atoms with Crippen LogP contribution in [0.3, 0.4) is 0 Å². The minimum atomic E-state index is -0.363. The van der Waals surface area contributed by atoms with Gasteiger partial charge in [0, 0.05) is 0 Å². The van der Waals surface area contributed by atoms with Gasteiger partial charge in [0.05, 0.1) is 13.2 Å². The topological polar surface area (TPSA) is 29.5 Å². The van der Waals surface area contributed by atoms with Crippen LogP contribution in [0.5, 0.6) is 5.75 Å². The van der Waals surface area contributed by atoms with Gasteiger partial charge >= 0.3 is 0 Å². The van der Waals surface area contributed by atoms with E-state index in [1.165, 1.54) is 13.2 Å². The molecule has 1 heterocycles. The first kappa shape index (κ1) is 12.7. The summed E-state index contributed by atoms with van der Waals surface area (Å²) < 4.78 is 18.3. The summed E-state index contributed by atoms with van der Waals surface area (Å²) >= 11 is 1.88. The maximum Gasteiger partial charge on any atom is 0.165 e. The van der Waals surface area contributed by atoms with Crippen LogP contribution in [0.4, 0.5) is 4.39 Å². The van der Waals surface area contributed by atoms with Crippen LogP contribution >= 0.6 is 11.8 Å². The molecule has 1 aliphatic heterocycles. The van der Waals surface area contributed by atoms with E-state index in [0.29, 0.717) is 12.3 Å². The third-order valence-electron chi connectivity index (χ3n) is 3.17. The zero-order valence-electron chi connectivity index (χ0n) is 9.86. The number of thioether (sulfide) groups is 1. The number of hydrogen-bond donors (Lipinski definition) is 1. The predicted molar refractivity (Wildman–Crippen MR) is 68.1 cm³/mol. The minimum absolute atomic E-state index is 0.250. The van der Waals surface area contributed by atoms with E-state index >= 15 is 0 Å². The second-order valence-corrected chi connectivity index (χ2v) is 5.51. The molecule has 0 amide bonds. The number of methoxy groups -OCH3 is 1. The van der Waals surface area contributed by atoms with Crippen molar-refractivity contribution in [3.05, 3.63) is 29.6 Å². The van der Waals surface area contributed by atoms with Gasteiger partial charge in [-0.15, -0.1) is 0 Å². The number of halogens is 1. The molecule has 1 aromatic rings. The molecule has 2 unspecified atom stereocenters. The van der Waals surface area contributed by atoms with Crippen molar-refractivity contribution < 1.29 is 14.2 Å². The number of benzene rings is 1. The smallest absolute Gasteiger partial charge is 0.165 e. The summed E-state index contributed by atoms with van der Waals surface area (Å²) in [4.78, 5) is 0. The normalized spacial score (nSPS) is 21.5. The zero-order chi connectivity index (χ0) is 12.3. The lowest BCUT2D eigenvalue weighted by Crippen LogP contribution is -2.22. The van der Waals surface area contributed by atoms with Gasteiger partial charge in [0.2, 0.25) is 0 Å². The number of aliphatic hydroxyl groups is 1. The molecule has 1 N–H and O–H groups in total. The Morgan fingerprint density at radius 3 is 3.00 bits per heavy atom. The highest BCUT2D eigenvalue weighted by Crippen LogP contribution is 2.28. The van der Waals surface area contributed by atoms with Gasteiger partial charge in [0.25, 0.3) is 0 Å². The lowest BCUT2D eigenvalue weighted by atomic mass is 9.95. The van der Waals surface area contributed by atoms with E-state index in [2.05, 4.69) is 0 Å². The molecule has 0 bridgehead atoms. The summed E-state index contributed by atoms with van der Waals surface area (Å²) in [7, 11) is 1.45. The highest BCUT2D eigenvalue weighted by molar-refractivity contribution is 7.99. The molecular formula is C13H17FO2S. The van der Waals surface area contributed by atoms with Gasteiger partial charge in [-0.1, -0.05) is 6.07 Å². The van der Waals surface area contributed by atoms with Gasteiger partial charge in [-0.25, -0.2) is 4.39 Å². The molecule has 0 spiro atoms. The largest absolute Gasteiger partial charge is 0.494 e. The molecule has 94 valence electrons. The molecule has 1 aliphatic rings. The first-order valence-electron chi connectivity index (χ1n) is 5.79. The highest BCUT2D eigenvalue weighted by atomic mass is 32.2. The fraction of sp³-hybridized carbons (Fsp3) is 0.538. The number of aliphatic hydroxyl groups excluding tert-OH is 1. The highest BCUT2D eigenvalue weighted by Gasteiger charge is 2.23.